The normalized spacial score (nSPS) is 11.2. The molecule has 0 atom stereocenters. The standard InChI is InChI=1S/C17H16N4O4S2/c1-11-10-26-17(18-11)19-13-5-3-6-14(9-13)20-27(24,25)16-8-4-7-15(12(16)2)21(22)23/h3-10,20H,1-2H3,(H,18,19). The third-order valence-corrected chi connectivity index (χ3v) is 6.13. The first kappa shape index (κ1) is 18.8. The van der Waals surface area contributed by atoms with Crippen LogP contribution in [0.5, 0.6) is 0 Å². The Morgan fingerprint density at radius 1 is 1.11 bits per heavy atom. The van der Waals surface area contributed by atoms with Crippen molar-refractivity contribution >= 4 is 43.6 Å². The average molecular weight is 404 g/mol. The number of hydrogen-bond donors (Lipinski definition) is 2. The Morgan fingerprint density at radius 3 is 2.48 bits per heavy atom. The molecule has 10 heteroatoms. The van der Waals surface area contributed by atoms with Crippen LogP contribution in [0, 0.1) is 24.0 Å². The van der Waals surface area contributed by atoms with Gasteiger partial charge in [-0.15, -0.1) is 11.3 Å². The first-order valence-corrected chi connectivity index (χ1v) is 10.2. The van der Waals surface area contributed by atoms with E-state index >= 15 is 0 Å². The van der Waals surface area contributed by atoms with Gasteiger partial charge in [0.25, 0.3) is 15.7 Å². The van der Waals surface area contributed by atoms with Crippen LogP contribution in [0.2, 0.25) is 0 Å². The van der Waals surface area contributed by atoms with Crippen LogP contribution in [0.25, 0.3) is 0 Å². The largest absolute Gasteiger partial charge is 0.331 e. The zero-order chi connectivity index (χ0) is 19.6. The molecule has 1 heterocycles. The van der Waals surface area contributed by atoms with E-state index in [1.165, 1.54) is 36.5 Å². The Morgan fingerprint density at radius 2 is 1.81 bits per heavy atom. The Balaban J connectivity index is 1.87. The first-order valence-electron chi connectivity index (χ1n) is 7.82. The van der Waals surface area contributed by atoms with Crippen LogP contribution in [0.3, 0.4) is 0 Å². The van der Waals surface area contributed by atoms with Crippen LogP contribution < -0.4 is 10.0 Å². The van der Waals surface area contributed by atoms with E-state index in [2.05, 4.69) is 15.0 Å². The number of benzene rings is 2. The van der Waals surface area contributed by atoms with Crippen molar-refractivity contribution in [1.82, 2.24) is 4.98 Å². The predicted molar refractivity (Wildman–Crippen MR) is 105 cm³/mol. The molecule has 3 aromatic rings. The van der Waals surface area contributed by atoms with E-state index in [1.54, 1.807) is 24.3 Å². The fourth-order valence-electron chi connectivity index (χ4n) is 2.50. The predicted octanol–water partition coefficient (Wildman–Crippen LogP) is 4.21. The molecule has 0 fully saturated rings. The van der Waals surface area contributed by atoms with Crippen LogP contribution in [-0.4, -0.2) is 18.3 Å². The van der Waals surface area contributed by atoms with Crippen molar-refractivity contribution in [3.63, 3.8) is 0 Å². The van der Waals surface area contributed by atoms with E-state index in [0.29, 0.717) is 16.5 Å². The zero-order valence-corrected chi connectivity index (χ0v) is 16.1. The van der Waals surface area contributed by atoms with Crippen molar-refractivity contribution in [2.24, 2.45) is 0 Å². The molecule has 0 saturated heterocycles. The summed E-state index contributed by atoms with van der Waals surface area (Å²) in [5.41, 5.74) is 1.73. The van der Waals surface area contributed by atoms with Gasteiger partial charge in [-0.1, -0.05) is 12.1 Å². The molecule has 0 radical (unpaired) electrons. The minimum Gasteiger partial charge on any atom is -0.331 e. The van der Waals surface area contributed by atoms with E-state index in [0.717, 1.165) is 5.69 Å². The summed E-state index contributed by atoms with van der Waals surface area (Å²) in [6.45, 7) is 3.29. The monoisotopic (exact) mass is 404 g/mol. The highest BCUT2D eigenvalue weighted by Gasteiger charge is 2.23. The SMILES string of the molecule is Cc1csc(Nc2cccc(NS(=O)(=O)c3cccc([N+](=O)[O-])c3C)c2)n1. The van der Waals surface area contributed by atoms with Gasteiger partial charge in [0.2, 0.25) is 0 Å². The van der Waals surface area contributed by atoms with Crippen molar-refractivity contribution in [1.29, 1.82) is 0 Å². The van der Waals surface area contributed by atoms with E-state index in [9.17, 15) is 18.5 Å². The van der Waals surface area contributed by atoms with Crippen molar-refractivity contribution in [2.45, 2.75) is 18.7 Å². The highest BCUT2D eigenvalue weighted by Crippen LogP contribution is 2.28. The van der Waals surface area contributed by atoms with Gasteiger partial charge in [-0.05, 0) is 38.1 Å². The molecule has 1 aromatic heterocycles. The summed E-state index contributed by atoms with van der Waals surface area (Å²) in [6.07, 6.45) is 0. The molecule has 3 rings (SSSR count). The highest BCUT2D eigenvalue weighted by atomic mass is 32.2. The summed E-state index contributed by atoms with van der Waals surface area (Å²) in [7, 11) is -3.98. The van der Waals surface area contributed by atoms with Gasteiger partial charge >= 0.3 is 0 Å². The minimum atomic E-state index is -3.98. The number of anilines is 3. The Labute approximate surface area is 160 Å². The number of nitro benzene ring substituents is 1. The molecule has 0 spiro atoms. The van der Waals surface area contributed by atoms with Crippen LogP contribution in [0.15, 0.2) is 52.7 Å². The molecule has 0 aliphatic heterocycles. The van der Waals surface area contributed by atoms with Gasteiger partial charge in [0, 0.05) is 22.7 Å². The maximum Gasteiger partial charge on any atom is 0.273 e. The summed E-state index contributed by atoms with van der Waals surface area (Å²) in [6, 6.07) is 10.7. The summed E-state index contributed by atoms with van der Waals surface area (Å²) in [4.78, 5) is 14.6. The molecule has 2 aromatic carbocycles. The Hall–Kier alpha value is -2.98. The van der Waals surface area contributed by atoms with Crippen molar-refractivity contribution in [3.05, 3.63) is 69.2 Å². The lowest BCUT2D eigenvalue weighted by Gasteiger charge is -2.11. The van der Waals surface area contributed by atoms with E-state index in [4.69, 9.17) is 0 Å². The lowest BCUT2D eigenvalue weighted by Crippen LogP contribution is -2.15. The fourth-order valence-corrected chi connectivity index (χ4v) is 4.52. The summed E-state index contributed by atoms with van der Waals surface area (Å²) >= 11 is 1.44. The summed E-state index contributed by atoms with van der Waals surface area (Å²) in [5, 5.41) is 16.8. The second kappa shape index (κ2) is 7.33. The van der Waals surface area contributed by atoms with Gasteiger partial charge in [0.1, 0.15) is 0 Å². The topological polar surface area (TPSA) is 114 Å². The third-order valence-electron chi connectivity index (χ3n) is 3.73. The lowest BCUT2D eigenvalue weighted by atomic mass is 10.2. The van der Waals surface area contributed by atoms with Gasteiger partial charge in [-0.2, -0.15) is 0 Å². The number of sulfonamides is 1. The second-order valence-electron chi connectivity index (χ2n) is 5.76. The number of hydrogen-bond acceptors (Lipinski definition) is 7. The molecule has 8 nitrogen and oxygen atoms in total. The molecule has 140 valence electrons. The van der Waals surface area contributed by atoms with Crippen LogP contribution in [0.1, 0.15) is 11.3 Å². The number of nitrogens with one attached hydrogen (secondary N) is 2. The number of aryl methyl sites for hydroxylation is 1. The highest BCUT2D eigenvalue weighted by molar-refractivity contribution is 7.92. The van der Waals surface area contributed by atoms with Crippen LogP contribution in [-0.2, 0) is 10.0 Å². The average Bonchev–Trinajstić information content (AvgIpc) is 2.99. The maximum atomic E-state index is 12.7. The molecule has 0 amide bonds. The molecule has 0 bridgehead atoms. The smallest absolute Gasteiger partial charge is 0.273 e. The van der Waals surface area contributed by atoms with Crippen molar-refractivity contribution in [3.8, 4) is 0 Å². The number of rotatable bonds is 6. The first-order chi connectivity index (χ1) is 12.8. The number of thiazole rings is 1. The van der Waals surface area contributed by atoms with Gasteiger partial charge in [0.15, 0.2) is 5.13 Å². The van der Waals surface area contributed by atoms with Crippen molar-refractivity contribution in [2.75, 3.05) is 10.0 Å². The molecule has 0 saturated carbocycles. The molecule has 0 unspecified atom stereocenters. The minimum absolute atomic E-state index is 0.0857. The molecular weight excluding hydrogens is 388 g/mol. The fraction of sp³-hybridized carbons (Fsp3) is 0.118. The van der Waals surface area contributed by atoms with E-state index < -0.39 is 14.9 Å². The zero-order valence-electron chi connectivity index (χ0n) is 14.5. The third kappa shape index (κ3) is 4.23. The second-order valence-corrected chi connectivity index (χ2v) is 8.27. The Kier molecular flexibility index (Phi) is 5.10. The van der Waals surface area contributed by atoms with Gasteiger partial charge in [-0.3, -0.25) is 14.8 Å². The number of nitro groups is 1. The van der Waals surface area contributed by atoms with Crippen LogP contribution >= 0.6 is 11.3 Å². The summed E-state index contributed by atoms with van der Waals surface area (Å²) in [5.74, 6) is 0. The van der Waals surface area contributed by atoms with E-state index in [1.807, 2.05) is 12.3 Å². The molecule has 0 aliphatic rings. The van der Waals surface area contributed by atoms with E-state index in [-0.39, 0.29) is 16.1 Å². The lowest BCUT2D eigenvalue weighted by molar-refractivity contribution is -0.385. The quantitative estimate of drug-likeness (QED) is 0.470. The molecular formula is C17H16N4O4S2. The molecule has 2 N–H and O–H groups in total. The van der Waals surface area contributed by atoms with Gasteiger partial charge in [0.05, 0.1) is 21.2 Å². The molecule has 0 aliphatic carbocycles. The van der Waals surface area contributed by atoms with Gasteiger partial charge in [-0.25, -0.2) is 13.4 Å². The number of nitrogens with zero attached hydrogens (tertiary/aromatic N) is 2. The summed E-state index contributed by atoms with van der Waals surface area (Å²) < 4.78 is 27.9. The Bertz CT molecular complexity index is 1110. The van der Waals surface area contributed by atoms with Crippen molar-refractivity contribution < 1.29 is 13.3 Å². The number of aromatic nitrogens is 1. The van der Waals surface area contributed by atoms with Gasteiger partial charge < -0.3 is 5.32 Å². The van der Waals surface area contributed by atoms with Crippen LogP contribution in [0.4, 0.5) is 22.2 Å². The maximum absolute atomic E-state index is 12.7. The molecule has 27 heavy (non-hydrogen) atoms.